The van der Waals surface area contributed by atoms with Crippen molar-refractivity contribution in [3.8, 4) is 5.75 Å². The molecule has 1 N–H and O–H groups in total. The highest BCUT2D eigenvalue weighted by Crippen LogP contribution is 2.34. The van der Waals surface area contributed by atoms with Gasteiger partial charge in [-0.3, -0.25) is 0 Å². The van der Waals surface area contributed by atoms with Crippen molar-refractivity contribution in [2.75, 3.05) is 6.61 Å². The average Bonchev–Trinajstić information content (AvgIpc) is 2.39. The summed E-state index contributed by atoms with van der Waals surface area (Å²) in [6.07, 6.45) is -0.660. The average molecular weight is 284 g/mol. The molecule has 0 amide bonds. The van der Waals surface area contributed by atoms with Gasteiger partial charge in [0.15, 0.2) is 0 Å². The molecule has 0 saturated heterocycles. The van der Waals surface area contributed by atoms with Crippen molar-refractivity contribution in [1.82, 2.24) is 0 Å². The summed E-state index contributed by atoms with van der Waals surface area (Å²) in [5.41, 5.74) is 6.39. The van der Waals surface area contributed by atoms with E-state index in [9.17, 15) is 5.11 Å². The van der Waals surface area contributed by atoms with Crippen molar-refractivity contribution in [3.05, 3.63) is 63.7 Å². The van der Waals surface area contributed by atoms with Gasteiger partial charge in [-0.25, -0.2) is 0 Å². The predicted molar refractivity (Wildman–Crippen MR) is 87.1 cm³/mol. The molecule has 0 aliphatic rings. The fourth-order valence-corrected chi connectivity index (χ4v) is 2.95. The van der Waals surface area contributed by atoms with Gasteiger partial charge in [0.1, 0.15) is 11.9 Å². The molecule has 1 unspecified atom stereocenters. The Kier molecular flexibility index (Phi) is 4.69. The number of benzene rings is 2. The summed E-state index contributed by atoms with van der Waals surface area (Å²) in [7, 11) is 0. The summed E-state index contributed by atoms with van der Waals surface area (Å²) >= 11 is 0. The monoisotopic (exact) mass is 284 g/mol. The number of aliphatic hydroxyl groups excluding tert-OH is 1. The number of hydrogen-bond donors (Lipinski definition) is 1. The topological polar surface area (TPSA) is 29.5 Å². The van der Waals surface area contributed by atoms with Crippen LogP contribution in [0.15, 0.2) is 30.3 Å². The Bertz CT molecular complexity index is 621. The summed E-state index contributed by atoms with van der Waals surface area (Å²) in [6, 6.07) is 10.2. The molecule has 0 bridgehead atoms. The van der Waals surface area contributed by atoms with E-state index in [1.165, 1.54) is 5.56 Å². The minimum Gasteiger partial charge on any atom is -0.493 e. The van der Waals surface area contributed by atoms with Gasteiger partial charge < -0.3 is 9.84 Å². The Hall–Kier alpha value is -1.80. The van der Waals surface area contributed by atoms with Crippen molar-refractivity contribution in [3.63, 3.8) is 0 Å². The molecule has 2 aromatic carbocycles. The normalized spacial score (nSPS) is 12.3. The van der Waals surface area contributed by atoms with Crippen molar-refractivity contribution in [2.24, 2.45) is 0 Å². The quantitative estimate of drug-likeness (QED) is 0.901. The zero-order chi connectivity index (χ0) is 15.6. The molecule has 0 heterocycles. The number of hydrogen-bond acceptors (Lipinski definition) is 2. The first-order valence-electron chi connectivity index (χ1n) is 7.43. The summed E-state index contributed by atoms with van der Waals surface area (Å²) in [5, 5.41) is 10.9. The second kappa shape index (κ2) is 6.31. The maximum absolute atomic E-state index is 10.9. The van der Waals surface area contributed by atoms with Gasteiger partial charge in [0, 0.05) is 5.56 Å². The summed E-state index contributed by atoms with van der Waals surface area (Å²) < 4.78 is 5.68. The number of rotatable bonds is 4. The van der Waals surface area contributed by atoms with Crippen LogP contribution in [0, 0.1) is 27.7 Å². The highest BCUT2D eigenvalue weighted by Gasteiger charge is 2.19. The maximum Gasteiger partial charge on any atom is 0.125 e. The highest BCUT2D eigenvalue weighted by atomic mass is 16.5. The van der Waals surface area contributed by atoms with E-state index < -0.39 is 6.10 Å². The second-order valence-corrected chi connectivity index (χ2v) is 5.69. The molecule has 2 heteroatoms. The number of aliphatic hydroxyl groups is 1. The van der Waals surface area contributed by atoms with Gasteiger partial charge in [0.2, 0.25) is 0 Å². The third-order valence-corrected chi connectivity index (χ3v) is 3.77. The summed E-state index contributed by atoms with van der Waals surface area (Å²) in [6.45, 7) is 10.8. The molecule has 0 aliphatic carbocycles. The summed E-state index contributed by atoms with van der Waals surface area (Å²) in [5.74, 6) is 0.759. The predicted octanol–water partition coefficient (Wildman–Crippen LogP) is 4.40. The third kappa shape index (κ3) is 3.27. The largest absolute Gasteiger partial charge is 0.493 e. The zero-order valence-electron chi connectivity index (χ0n) is 13.5. The molecule has 0 saturated carbocycles. The third-order valence-electron chi connectivity index (χ3n) is 3.77. The molecule has 2 rings (SSSR count). The van der Waals surface area contributed by atoms with Crippen molar-refractivity contribution < 1.29 is 9.84 Å². The van der Waals surface area contributed by atoms with Crippen molar-refractivity contribution in [1.29, 1.82) is 0 Å². The molecule has 21 heavy (non-hydrogen) atoms. The van der Waals surface area contributed by atoms with Crippen LogP contribution < -0.4 is 4.74 Å². The van der Waals surface area contributed by atoms with Gasteiger partial charge in [-0.1, -0.05) is 29.3 Å². The van der Waals surface area contributed by atoms with E-state index in [0.717, 1.165) is 33.6 Å². The van der Waals surface area contributed by atoms with Gasteiger partial charge in [-0.15, -0.1) is 0 Å². The van der Waals surface area contributed by atoms with E-state index in [-0.39, 0.29) is 0 Å². The number of ether oxygens (including phenoxy) is 1. The molecule has 1 atom stereocenters. The molecular formula is C19H24O2. The van der Waals surface area contributed by atoms with Crippen molar-refractivity contribution >= 4 is 0 Å². The molecule has 2 nitrogen and oxygen atoms in total. The molecule has 0 aliphatic heterocycles. The zero-order valence-corrected chi connectivity index (χ0v) is 13.5. The van der Waals surface area contributed by atoms with E-state index in [1.807, 2.05) is 32.0 Å². The summed E-state index contributed by atoms with van der Waals surface area (Å²) in [4.78, 5) is 0. The molecule has 112 valence electrons. The smallest absolute Gasteiger partial charge is 0.125 e. The van der Waals surface area contributed by atoms with Gasteiger partial charge in [0.05, 0.1) is 6.61 Å². The Morgan fingerprint density at radius 3 is 2.14 bits per heavy atom. The van der Waals surface area contributed by atoms with Crippen LogP contribution in [0.3, 0.4) is 0 Å². The van der Waals surface area contributed by atoms with Gasteiger partial charge >= 0.3 is 0 Å². The van der Waals surface area contributed by atoms with Crippen LogP contribution in [0.5, 0.6) is 5.75 Å². The van der Waals surface area contributed by atoms with Crippen LogP contribution in [-0.2, 0) is 0 Å². The van der Waals surface area contributed by atoms with Gasteiger partial charge in [0.25, 0.3) is 0 Å². The van der Waals surface area contributed by atoms with Crippen LogP contribution >= 0.6 is 0 Å². The van der Waals surface area contributed by atoms with E-state index in [0.29, 0.717) is 6.61 Å². The van der Waals surface area contributed by atoms with E-state index in [2.05, 4.69) is 32.9 Å². The van der Waals surface area contributed by atoms with Crippen LogP contribution in [0.1, 0.15) is 46.4 Å². The molecular weight excluding hydrogens is 260 g/mol. The van der Waals surface area contributed by atoms with Crippen LogP contribution in [0.25, 0.3) is 0 Å². The van der Waals surface area contributed by atoms with Crippen LogP contribution in [0.4, 0.5) is 0 Å². The first kappa shape index (κ1) is 15.6. The Balaban J connectivity index is 2.54. The lowest BCUT2D eigenvalue weighted by molar-refractivity contribution is 0.210. The molecule has 0 spiro atoms. The first-order chi connectivity index (χ1) is 9.93. The lowest BCUT2D eigenvalue weighted by atomic mass is 9.91. The molecule has 0 radical (unpaired) electrons. The van der Waals surface area contributed by atoms with Gasteiger partial charge in [-0.05, 0) is 63.4 Å². The van der Waals surface area contributed by atoms with Crippen molar-refractivity contribution in [2.45, 2.75) is 40.7 Å². The number of aryl methyl sites for hydroxylation is 4. The van der Waals surface area contributed by atoms with Gasteiger partial charge in [-0.2, -0.15) is 0 Å². The Morgan fingerprint density at radius 1 is 0.952 bits per heavy atom. The minimum atomic E-state index is -0.660. The second-order valence-electron chi connectivity index (χ2n) is 5.69. The van der Waals surface area contributed by atoms with Crippen LogP contribution in [0.2, 0.25) is 0 Å². The fourth-order valence-electron chi connectivity index (χ4n) is 2.95. The molecule has 0 aromatic heterocycles. The van der Waals surface area contributed by atoms with E-state index in [4.69, 9.17) is 4.74 Å². The fraction of sp³-hybridized carbons (Fsp3) is 0.368. The lowest BCUT2D eigenvalue weighted by Gasteiger charge is -2.21. The highest BCUT2D eigenvalue weighted by molar-refractivity contribution is 5.48. The van der Waals surface area contributed by atoms with E-state index >= 15 is 0 Å². The molecule has 2 aromatic rings. The van der Waals surface area contributed by atoms with E-state index in [1.54, 1.807) is 0 Å². The molecule has 0 fully saturated rings. The lowest BCUT2D eigenvalue weighted by Crippen LogP contribution is -2.08. The first-order valence-corrected chi connectivity index (χ1v) is 7.43. The van der Waals surface area contributed by atoms with Crippen LogP contribution in [-0.4, -0.2) is 11.7 Å². The Morgan fingerprint density at radius 2 is 1.57 bits per heavy atom. The Labute approximate surface area is 127 Å². The maximum atomic E-state index is 10.9. The SMILES string of the molecule is CCOc1ccc(C)cc1C(O)c1c(C)cc(C)cc1C. The minimum absolute atomic E-state index is 0.592. The standard InChI is InChI=1S/C19H24O2/c1-6-21-17-8-7-12(2)11-16(17)19(20)18-14(4)9-13(3)10-15(18)5/h7-11,19-20H,6H2,1-5H3.